The van der Waals surface area contributed by atoms with E-state index in [0.29, 0.717) is 33.6 Å². The van der Waals surface area contributed by atoms with E-state index >= 15 is 0 Å². The summed E-state index contributed by atoms with van der Waals surface area (Å²) in [4.78, 5) is 27.8. The maximum Gasteiger partial charge on any atom is 0.337 e. The maximum atomic E-state index is 12.2. The molecule has 0 bridgehead atoms. The first-order chi connectivity index (χ1) is 13.6. The summed E-state index contributed by atoms with van der Waals surface area (Å²) in [5.74, 6) is -1.07. The van der Waals surface area contributed by atoms with Gasteiger partial charge in [0.15, 0.2) is 12.4 Å². The van der Waals surface area contributed by atoms with Crippen molar-refractivity contribution in [3.63, 3.8) is 0 Å². The first kappa shape index (κ1) is 21.0. The summed E-state index contributed by atoms with van der Waals surface area (Å²) in [7, 11) is 0. The molecule has 1 atom stereocenters. The number of hydrogen-bond donors (Lipinski definition) is 1. The molecule has 3 rings (SSSR count). The van der Waals surface area contributed by atoms with Gasteiger partial charge in [0.25, 0.3) is 0 Å². The number of aliphatic carboxylic acids is 1. The third-order valence-electron chi connectivity index (χ3n) is 4.47. The fraction of sp³-hybridized carbons (Fsp3) is 0.261. The SMILES string of the molecule is Cc1cc2nc(C=O)ccc2c(-c2ccc(Cl)cc2)c1C(OC(C)(C)C)C(=O)O. The summed E-state index contributed by atoms with van der Waals surface area (Å²) in [5.41, 5.74) is 3.04. The monoisotopic (exact) mass is 411 g/mol. The molecule has 6 heteroatoms. The van der Waals surface area contributed by atoms with E-state index in [9.17, 15) is 14.7 Å². The van der Waals surface area contributed by atoms with Crippen LogP contribution in [-0.2, 0) is 9.53 Å². The maximum absolute atomic E-state index is 12.2. The van der Waals surface area contributed by atoms with Crippen molar-refractivity contribution in [2.24, 2.45) is 0 Å². The Morgan fingerprint density at radius 1 is 1.17 bits per heavy atom. The molecule has 5 nitrogen and oxygen atoms in total. The zero-order chi connectivity index (χ0) is 21.3. The molecule has 0 aliphatic heterocycles. The predicted octanol–water partition coefficient (Wildman–Crippen LogP) is 5.62. The molecule has 150 valence electrons. The van der Waals surface area contributed by atoms with Gasteiger partial charge in [-0.2, -0.15) is 0 Å². The van der Waals surface area contributed by atoms with Gasteiger partial charge in [-0.15, -0.1) is 0 Å². The number of halogens is 1. The number of pyridine rings is 1. The molecule has 2 aromatic carbocycles. The number of nitrogens with zero attached hydrogens (tertiary/aromatic N) is 1. The molecule has 1 aromatic heterocycles. The Balaban J connectivity index is 2.40. The number of carboxylic acids is 1. The number of carbonyl (C=O) groups is 2. The van der Waals surface area contributed by atoms with Crippen LogP contribution in [0, 0.1) is 6.92 Å². The van der Waals surface area contributed by atoms with Crippen LogP contribution in [0.2, 0.25) is 5.02 Å². The molecular formula is C23H22ClNO4. The van der Waals surface area contributed by atoms with E-state index in [0.717, 1.165) is 16.5 Å². The van der Waals surface area contributed by atoms with Gasteiger partial charge in [0.1, 0.15) is 5.69 Å². The summed E-state index contributed by atoms with van der Waals surface area (Å²) >= 11 is 6.06. The van der Waals surface area contributed by atoms with E-state index in [1.165, 1.54) is 0 Å². The van der Waals surface area contributed by atoms with Crippen molar-refractivity contribution in [1.82, 2.24) is 4.98 Å². The molecule has 29 heavy (non-hydrogen) atoms. The third-order valence-corrected chi connectivity index (χ3v) is 4.73. The largest absolute Gasteiger partial charge is 0.479 e. The molecule has 0 saturated heterocycles. The summed E-state index contributed by atoms with van der Waals surface area (Å²) in [6, 6.07) is 12.4. The predicted molar refractivity (Wildman–Crippen MR) is 114 cm³/mol. The van der Waals surface area contributed by atoms with Gasteiger partial charge in [0.2, 0.25) is 0 Å². The van der Waals surface area contributed by atoms with Crippen LogP contribution in [0.5, 0.6) is 0 Å². The lowest BCUT2D eigenvalue weighted by atomic mass is 9.88. The zero-order valence-electron chi connectivity index (χ0n) is 16.7. The molecular weight excluding hydrogens is 390 g/mol. The molecule has 0 fully saturated rings. The van der Waals surface area contributed by atoms with Crippen molar-refractivity contribution >= 4 is 34.8 Å². The van der Waals surface area contributed by atoms with Crippen LogP contribution in [0.1, 0.15) is 48.5 Å². The van der Waals surface area contributed by atoms with Gasteiger partial charge < -0.3 is 9.84 Å². The van der Waals surface area contributed by atoms with Crippen molar-refractivity contribution in [3.8, 4) is 11.1 Å². The first-order valence-corrected chi connectivity index (χ1v) is 9.54. The average molecular weight is 412 g/mol. The number of aryl methyl sites for hydroxylation is 1. The summed E-state index contributed by atoms with van der Waals surface area (Å²) in [5, 5.41) is 11.3. The lowest BCUT2D eigenvalue weighted by Crippen LogP contribution is -2.28. The molecule has 0 aliphatic carbocycles. The van der Waals surface area contributed by atoms with Crippen LogP contribution in [-0.4, -0.2) is 27.9 Å². The Bertz CT molecular complexity index is 1080. The van der Waals surface area contributed by atoms with Crippen LogP contribution in [0.4, 0.5) is 0 Å². The molecule has 1 unspecified atom stereocenters. The minimum atomic E-state index is -1.17. The second-order valence-corrected chi connectivity index (χ2v) is 8.29. The van der Waals surface area contributed by atoms with Crippen LogP contribution >= 0.6 is 11.6 Å². The number of benzene rings is 2. The van der Waals surface area contributed by atoms with Crippen LogP contribution in [0.15, 0.2) is 42.5 Å². The number of aldehydes is 1. The number of rotatable bonds is 5. The normalized spacial score (nSPS) is 12.7. The van der Waals surface area contributed by atoms with Crippen LogP contribution in [0.3, 0.4) is 0 Å². The highest BCUT2D eigenvalue weighted by Crippen LogP contribution is 2.40. The molecule has 0 radical (unpaired) electrons. The van der Waals surface area contributed by atoms with Crippen molar-refractivity contribution in [2.75, 3.05) is 0 Å². The smallest absolute Gasteiger partial charge is 0.337 e. The number of aromatic nitrogens is 1. The zero-order valence-corrected chi connectivity index (χ0v) is 17.4. The number of fused-ring (bicyclic) bond motifs is 1. The van der Waals surface area contributed by atoms with E-state index < -0.39 is 17.7 Å². The van der Waals surface area contributed by atoms with Crippen molar-refractivity contribution in [3.05, 3.63) is 64.3 Å². The molecule has 0 aliphatic rings. The van der Waals surface area contributed by atoms with Crippen LogP contribution in [0.25, 0.3) is 22.0 Å². The van der Waals surface area contributed by atoms with Crippen molar-refractivity contribution in [2.45, 2.75) is 39.4 Å². The van der Waals surface area contributed by atoms with E-state index in [1.54, 1.807) is 30.3 Å². The summed E-state index contributed by atoms with van der Waals surface area (Å²) in [6.45, 7) is 7.28. The number of carboxylic acid groups (broad SMARTS) is 1. The fourth-order valence-electron chi connectivity index (χ4n) is 3.35. The van der Waals surface area contributed by atoms with Crippen LogP contribution < -0.4 is 0 Å². The van der Waals surface area contributed by atoms with E-state index in [4.69, 9.17) is 16.3 Å². The summed E-state index contributed by atoms with van der Waals surface area (Å²) < 4.78 is 5.94. The number of hydrogen-bond acceptors (Lipinski definition) is 4. The third kappa shape index (κ3) is 4.47. The lowest BCUT2D eigenvalue weighted by Gasteiger charge is -2.28. The van der Waals surface area contributed by atoms with Gasteiger partial charge in [-0.05, 0) is 74.7 Å². The standard InChI is InChI=1S/C23H22ClNO4/c1-13-11-18-17(10-9-16(12-26)25-18)20(14-5-7-15(24)8-6-14)19(13)21(22(27)28)29-23(2,3)4/h5-12,21H,1-4H3,(H,27,28). The van der Waals surface area contributed by atoms with Gasteiger partial charge in [-0.25, -0.2) is 9.78 Å². The lowest BCUT2D eigenvalue weighted by molar-refractivity contribution is -0.160. The van der Waals surface area contributed by atoms with Gasteiger partial charge in [-0.3, -0.25) is 4.79 Å². The molecule has 0 amide bonds. The Labute approximate surface area is 174 Å². The van der Waals surface area contributed by atoms with Gasteiger partial charge >= 0.3 is 5.97 Å². The van der Waals surface area contributed by atoms with Gasteiger partial charge in [0.05, 0.1) is 11.1 Å². The van der Waals surface area contributed by atoms with E-state index in [-0.39, 0.29) is 0 Å². The second kappa shape index (κ2) is 7.93. The molecule has 0 saturated carbocycles. The Morgan fingerprint density at radius 3 is 2.38 bits per heavy atom. The van der Waals surface area contributed by atoms with E-state index in [1.807, 2.05) is 39.8 Å². The number of ether oxygens (including phenoxy) is 1. The quantitative estimate of drug-likeness (QED) is 0.551. The Hall–Kier alpha value is -2.76. The number of carbonyl (C=O) groups excluding carboxylic acids is 1. The topological polar surface area (TPSA) is 76.5 Å². The van der Waals surface area contributed by atoms with E-state index in [2.05, 4.69) is 4.98 Å². The highest BCUT2D eigenvalue weighted by molar-refractivity contribution is 6.30. The average Bonchev–Trinajstić information content (AvgIpc) is 2.64. The highest BCUT2D eigenvalue weighted by Gasteiger charge is 2.31. The first-order valence-electron chi connectivity index (χ1n) is 9.16. The summed E-state index contributed by atoms with van der Waals surface area (Å²) in [6.07, 6.45) is -0.483. The Morgan fingerprint density at radius 2 is 1.83 bits per heavy atom. The minimum Gasteiger partial charge on any atom is -0.479 e. The second-order valence-electron chi connectivity index (χ2n) is 7.86. The van der Waals surface area contributed by atoms with Crippen molar-refractivity contribution < 1.29 is 19.4 Å². The van der Waals surface area contributed by atoms with Gasteiger partial charge in [-0.1, -0.05) is 23.7 Å². The Kier molecular flexibility index (Phi) is 5.73. The molecule has 1 heterocycles. The van der Waals surface area contributed by atoms with Crippen molar-refractivity contribution in [1.29, 1.82) is 0 Å². The van der Waals surface area contributed by atoms with Gasteiger partial charge in [0, 0.05) is 16.0 Å². The fourth-order valence-corrected chi connectivity index (χ4v) is 3.48. The minimum absolute atomic E-state index is 0.312. The molecule has 0 spiro atoms. The molecule has 1 N–H and O–H groups in total. The molecule has 3 aromatic rings. The highest BCUT2D eigenvalue weighted by atomic mass is 35.5.